The van der Waals surface area contributed by atoms with Gasteiger partial charge in [-0.15, -0.1) is 0 Å². The molecule has 0 unspecified atom stereocenters. The lowest BCUT2D eigenvalue weighted by Crippen LogP contribution is -2.17. The van der Waals surface area contributed by atoms with Crippen LogP contribution in [-0.2, 0) is 14.8 Å². The number of hydrogen-bond donors (Lipinski definition) is 2. The SMILES string of the molecule is CC(=O)Nc1ccc(S(=O)(=O)Nc2nc3ccccc3nc2-n2ccc(=NC(=O)c3ccc(F)cc3)cc2)cc1. The zero-order chi connectivity index (χ0) is 28.3. The van der Waals surface area contributed by atoms with Gasteiger partial charge in [0.15, 0.2) is 11.6 Å². The fraction of sp³-hybridized carbons (Fsp3) is 0.0357. The Bertz CT molecular complexity index is 1900. The number of para-hydroxylation sites is 2. The van der Waals surface area contributed by atoms with Crippen molar-refractivity contribution in [3.05, 3.63) is 114 Å². The van der Waals surface area contributed by atoms with Crippen LogP contribution in [0.2, 0.25) is 0 Å². The van der Waals surface area contributed by atoms with E-state index < -0.39 is 21.7 Å². The molecule has 12 heteroatoms. The van der Waals surface area contributed by atoms with Crippen LogP contribution in [0.3, 0.4) is 0 Å². The maximum absolute atomic E-state index is 13.2. The van der Waals surface area contributed by atoms with Gasteiger partial charge in [-0.05, 0) is 72.8 Å². The number of anilines is 2. The molecule has 0 saturated heterocycles. The average Bonchev–Trinajstić information content (AvgIpc) is 2.93. The van der Waals surface area contributed by atoms with Crippen LogP contribution >= 0.6 is 0 Å². The summed E-state index contributed by atoms with van der Waals surface area (Å²) in [7, 11) is -4.08. The molecule has 0 aliphatic rings. The molecule has 5 rings (SSSR count). The molecule has 200 valence electrons. The quantitative estimate of drug-likeness (QED) is 0.324. The number of aromatic nitrogens is 3. The number of carbonyl (C=O) groups excluding carboxylic acids is 2. The van der Waals surface area contributed by atoms with Crippen molar-refractivity contribution in [3.63, 3.8) is 0 Å². The van der Waals surface area contributed by atoms with Gasteiger partial charge in [0, 0.05) is 30.6 Å². The average molecular weight is 557 g/mol. The van der Waals surface area contributed by atoms with Crippen molar-refractivity contribution in [1.29, 1.82) is 0 Å². The second-order valence-corrected chi connectivity index (χ2v) is 10.3. The number of benzene rings is 3. The van der Waals surface area contributed by atoms with Gasteiger partial charge < -0.3 is 9.88 Å². The predicted octanol–water partition coefficient (Wildman–Crippen LogP) is 4.06. The maximum atomic E-state index is 13.2. The standard InChI is InChI=1S/C28H21FN6O4S/c1-18(36)30-21-10-12-23(13-11-21)40(38,39)34-26-27(33-25-5-3-2-4-24(25)32-26)35-16-14-22(15-17-35)31-28(37)19-6-8-20(29)9-7-19/h2-17H,1H3,(H,30,36)(H,32,34). The number of nitrogens with one attached hydrogen (secondary N) is 2. The lowest BCUT2D eigenvalue weighted by Gasteiger charge is -2.14. The number of pyridine rings is 1. The van der Waals surface area contributed by atoms with Crippen molar-refractivity contribution < 1.29 is 22.4 Å². The van der Waals surface area contributed by atoms with Gasteiger partial charge in [-0.25, -0.2) is 27.8 Å². The van der Waals surface area contributed by atoms with Crippen LogP contribution in [0.4, 0.5) is 15.9 Å². The largest absolute Gasteiger partial charge is 0.326 e. The van der Waals surface area contributed by atoms with E-state index >= 15 is 0 Å². The Kier molecular flexibility index (Phi) is 7.17. The molecule has 2 aromatic heterocycles. The van der Waals surface area contributed by atoms with Gasteiger partial charge >= 0.3 is 0 Å². The molecule has 5 aromatic rings. The molecule has 0 aliphatic heterocycles. The topological polar surface area (TPSA) is 135 Å². The van der Waals surface area contributed by atoms with Crippen LogP contribution in [-0.4, -0.2) is 34.8 Å². The summed E-state index contributed by atoms with van der Waals surface area (Å²) >= 11 is 0. The summed E-state index contributed by atoms with van der Waals surface area (Å²) in [5.41, 5.74) is 1.70. The van der Waals surface area contributed by atoms with E-state index in [1.165, 1.54) is 55.5 Å². The predicted molar refractivity (Wildman–Crippen MR) is 147 cm³/mol. The summed E-state index contributed by atoms with van der Waals surface area (Å²) < 4.78 is 43.7. The zero-order valence-corrected chi connectivity index (χ0v) is 21.8. The second kappa shape index (κ2) is 10.9. The minimum Gasteiger partial charge on any atom is -0.326 e. The lowest BCUT2D eigenvalue weighted by atomic mass is 10.2. The first kappa shape index (κ1) is 26.4. The number of nitrogens with zero attached hydrogens (tertiary/aromatic N) is 4. The van der Waals surface area contributed by atoms with Gasteiger partial charge in [0.1, 0.15) is 5.82 Å². The Labute approximate surface area is 227 Å². The van der Waals surface area contributed by atoms with E-state index in [9.17, 15) is 22.4 Å². The molecule has 10 nitrogen and oxygen atoms in total. The van der Waals surface area contributed by atoms with Gasteiger partial charge in [-0.2, -0.15) is 0 Å². The summed E-state index contributed by atoms with van der Waals surface area (Å²) in [5.74, 6) is -1.11. The Morgan fingerprint density at radius 1 is 0.850 bits per heavy atom. The van der Waals surface area contributed by atoms with Gasteiger partial charge in [0.2, 0.25) is 5.91 Å². The number of fused-ring (bicyclic) bond motifs is 1. The van der Waals surface area contributed by atoms with E-state index in [4.69, 9.17) is 0 Å². The van der Waals surface area contributed by atoms with Crippen molar-refractivity contribution >= 4 is 44.4 Å². The van der Waals surface area contributed by atoms with E-state index in [0.29, 0.717) is 22.1 Å². The van der Waals surface area contributed by atoms with Crippen molar-refractivity contribution in [1.82, 2.24) is 14.5 Å². The number of carbonyl (C=O) groups is 2. The molecule has 0 atom stereocenters. The third kappa shape index (κ3) is 5.92. The highest BCUT2D eigenvalue weighted by molar-refractivity contribution is 7.92. The summed E-state index contributed by atoms with van der Waals surface area (Å²) in [5, 5.41) is 2.92. The highest BCUT2D eigenvalue weighted by atomic mass is 32.2. The maximum Gasteiger partial charge on any atom is 0.277 e. The molecule has 2 amide bonds. The van der Waals surface area contributed by atoms with E-state index in [-0.39, 0.29) is 28.0 Å². The minimum absolute atomic E-state index is 0.0262. The van der Waals surface area contributed by atoms with Crippen LogP contribution in [0, 0.1) is 5.82 Å². The van der Waals surface area contributed by atoms with Crippen molar-refractivity contribution in [2.24, 2.45) is 4.99 Å². The van der Waals surface area contributed by atoms with Gasteiger partial charge in [0.05, 0.1) is 21.3 Å². The van der Waals surface area contributed by atoms with E-state index in [1.54, 1.807) is 53.4 Å². The summed E-state index contributed by atoms with van der Waals surface area (Å²) in [6.07, 6.45) is 3.13. The van der Waals surface area contributed by atoms with Gasteiger partial charge in [-0.3, -0.25) is 14.3 Å². The molecular formula is C28H21FN6O4S. The van der Waals surface area contributed by atoms with Crippen LogP contribution in [0.15, 0.2) is 107 Å². The molecule has 0 fully saturated rings. The molecule has 40 heavy (non-hydrogen) atoms. The molecule has 2 N–H and O–H groups in total. The molecule has 0 radical (unpaired) electrons. The number of sulfonamides is 1. The number of amides is 2. The highest BCUT2D eigenvalue weighted by Crippen LogP contribution is 2.24. The van der Waals surface area contributed by atoms with E-state index in [0.717, 1.165) is 0 Å². The third-order valence-electron chi connectivity index (χ3n) is 5.65. The molecule has 0 aliphatic carbocycles. The Morgan fingerprint density at radius 3 is 2.10 bits per heavy atom. The lowest BCUT2D eigenvalue weighted by molar-refractivity contribution is -0.114. The second-order valence-electron chi connectivity index (χ2n) is 8.58. The van der Waals surface area contributed by atoms with Crippen LogP contribution in [0.1, 0.15) is 17.3 Å². The number of halogens is 1. The van der Waals surface area contributed by atoms with E-state index in [2.05, 4.69) is 25.0 Å². The number of rotatable bonds is 6. The third-order valence-corrected chi connectivity index (χ3v) is 7.00. The van der Waals surface area contributed by atoms with Crippen LogP contribution in [0.25, 0.3) is 16.9 Å². The van der Waals surface area contributed by atoms with E-state index in [1.807, 2.05) is 0 Å². The fourth-order valence-electron chi connectivity index (χ4n) is 3.75. The molecule has 0 saturated carbocycles. The Balaban J connectivity index is 1.50. The van der Waals surface area contributed by atoms with Crippen molar-refractivity contribution in [2.45, 2.75) is 11.8 Å². The first-order chi connectivity index (χ1) is 19.2. The highest BCUT2D eigenvalue weighted by Gasteiger charge is 2.19. The van der Waals surface area contributed by atoms with Crippen molar-refractivity contribution in [2.75, 3.05) is 10.0 Å². The Morgan fingerprint density at radius 2 is 1.48 bits per heavy atom. The number of hydrogen-bond acceptors (Lipinski definition) is 6. The van der Waals surface area contributed by atoms with Gasteiger partial charge in [0.25, 0.3) is 15.9 Å². The summed E-state index contributed by atoms with van der Waals surface area (Å²) in [4.78, 5) is 36.8. The van der Waals surface area contributed by atoms with Crippen molar-refractivity contribution in [3.8, 4) is 5.82 Å². The zero-order valence-electron chi connectivity index (χ0n) is 20.9. The monoisotopic (exact) mass is 556 g/mol. The van der Waals surface area contributed by atoms with Gasteiger partial charge in [-0.1, -0.05) is 12.1 Å². The molecular weight excluding hydrogens is 535 g/mol. The normalized spacial score (nSPS) is 11.2. The molecule has 0 bridgehead atoms. The first-order valence-electron chi connectivity index (χ1n) is 11.9. The summed E-state index contributed by atoms with van der Waals surface area (Å²) in [6, 6.07) is 20.9. The van der Waals surface area contributed by atoms with Crippen LogP contribution < -0.4 is 15.4 Å². The van der Waals surface area contributed by atoms with Crippen LogP contribution in [0.5, 0.6) is 0 Å². The minimum atomic E-state index is -4.08. The smallest absolute Gasteiger partial charge is 0.277 e. The Hall–Kier alpha value is -5.23. The fourth-order valence-corrected chi connectivity index (χ4v) is 4.76. The first-order valence-corrected chi connectivity index (χ1v) is 13.4. The molecule has 2 heterocycles. The molecule has 3 aromatic carbocycles. The molecule has 0 spiro atoms. The summed E-state index contributed by atoms with van der Waals surface area (Å²) in [6.45, 7) is 1.36.